The summed E-state index contributed by atoms with van der Waals surface area (Å²) in [7, 11) is -2.18. The number of hydrogen-bond donors (Lipinski definition) is 1. The van der Waals surface area contributed by atoms with Gasteiger partial charge < -0.3 is 4.74 Å². The second-order valence-corrected chi connectivity index (χ2v) is 6.52. The van der Waals surface area contributed by atoms with Gasteiger partial charge in [-0.25, -0.2) is 13.1 Å². The van der Waals surface area contributed by atoms with Gasteiger partial charge in [0.25, 0.3) is 0 Å². The fourth-order valence-electron chi connectivity index (χ4n) is 1.84. The van der Waals surface area contributed by atoms with Gasteiger partial charge in [0.05, 0.1) is 12.1 Å². The largest absolute Gasteiger partial charge is 0.497 e. The van der Waals surface area contributed by atoms with Crippen LogP contribution in [0.15, 0.2) is 47.6 Å². The Bertz CT molecular complexity index is 735. The fraction of sp³-hybridized carbons (Fsp3) is 0.214. The molecule has 1 N–H and O–H groups in total. The Balaban J connectivity index is 2.26. The summed E-state index contributed by atoms with van der Waals surface area (Å²) in [5.41, 5.74) is 0.790. The minimum atomic E-state index is -3.74. The van der Waals surface area contributed by atoms with Gasteiger partial charge >= 0.3 is 0 Å². The molecule has 1 aromatic carbocycles. The molecule has 0 spiro atoms. The van der Waals surface area contributed by atoms with E-state index < -0.39 is 16.1 Å². The summed E-state index contributed by atoms with van der Waals surface area (Å²) >= 11 is 5.91. The molecule has 0 aliphatic rings. The van der Waals surface area contributed by atoms with Gasteiger partial charge in [-0.05, 0) is 30.7 Å². The lowest BCUT2D eigenvalue weighted by atomic mass is 10.1. The van der Waals surface area contributed by atoms with E-state index in [0.29, 0.717) is 5.75 Å². The van der Waals surface area contributed by atoms with Crippen LogP contribution in [0.25, 0.3) is 0 Å². The SMILES string of the molecule is COc1cccc(C(C)NS(=O)(=O)c2cnccc2Cl)c1. The molecule has 0 bridgehead atoms. The van der Waals surface area contributed by atoms with E-state index in [-0.39, 0.29) is 9.92 Å². The van der Waals surface area contributed by atoms with Gasteiger partial charge in [-0.15, -0.1) is 0 Å². The molecule has 0 saturated carbocycles. The van der Waals surface area contributed by atoms with Crippen LogP contribution in [0.5, 0.6) is 5.75 Å². The number of halogens is 1. The van der Waals surface area contributed by atoms with Crippen LogP contribution in [-0.4, -0.2) is 20.5 Å². The highest BCUT2D eigenvalue weighted by Crippen LogP contribution is 2.23. The summed E-state index contributed by atoms with van der Waals surface area (Å²) in [5.74, 6) is 0.665. The number of hydrogen-bond acceptors (Lipinski definition) is 4. The third-order valence-electron chi connectivity index (χ3n) is 2.95. The minimum absolute atomic E-state index is 0.0404. The summed E-state index contributed by atoms with van der Waals surface area (Å²) in [4.78, 5) is 3.76. The molecule has 0 fully saturated rings. The predicted molar refractivity (Wildman–Crippen MR) is 81.0 cm³/mol. The van der Waals surface area contributed by atoms with Crippen molar-refractivity contribution in [3.05, 3.63) is 53.3 Å². The number of methoxy groups -OCH3 is 1. The number of aromatic nitrogens is 1. The third-order valence-corrected chi connectivity index (χ3v) is 4.96. The highest BCUT2D eigenvalue weighted by molar-refractivity contribution is 7.89. The normalized spacial score (nSPS) is 12.9. The molecule has 0 radical (unpaired) electrons. The standard InChI is InChI=1S/C14H15ClN2O3S/c1-10(11-4-3-5-12(8-11)20-2)17-21(18,19)14-9-16-7-6-13(14)15/h3-10,17H,1-2H3. The molecule has 2 rings (SSSR count). The first-order valence-electron chi connectivity index (χ1n) is 6.20. The molecule has 1 aromatic heterocycles. The molecule has 1 heterocycles. The quantitative estimate of drug-likeness (QED) is 0.917. The number of rotatable bonds is 5. The van der Waals surface area contributed by atoms with Crippen LogP contribution in [0, 0.1) is 0 Å². The van der Waals surface area contributed by atoms with Gasteiger partial charge in [-0.3, -0.25) is 4.98 Å². The van der Waals surface area contributed by atoms with Crippen LogP contribution >= 0.6 is 11.6 Å². The molecule has 21 heavy (non-hydrogen) atoms. The van der Waals surface area contributed by atoms with Gasteiger partial charge in [-0.2, -0.15) is 0 Å². The number of benzene rings is 1. The van der Waals surface area contributed by atoms with Crippen LogP contribution in [-0.2, 0) is 10.0 Å². The Morgan fingerprint density at radius 2 is 2.10 bits per heavy atom. The van der Waals surface area contributed by atoms with E-state index in [1.807, 2.05) is 6.07 Å². The lowest BCUT2D eigenvalue weighted by molar-refractivity contribution is 0.413. The van der Waals surface area contributed by atoms with Crippen molar-refractivity contribution in [2.45, 2.75) is 17.9 Å². The smallest absolute Gasteiger partial charge is 0.244 e. The Kier molecular flexibility index (Phi) is 4.82. The van der Waals surface area contributed by atoms with Gasteiger partial charge in [-0.1, -0.05) is 23.7 Å². The number of pyridine rings is 1. The molecule has 0 saturated heterocycles. The van der Waals surface area contributed by atoms with Crippen molar-refractivity contribution >= 4 is 21.6 Å². The molecule has 7 heteroatoms. The Labute approximate surface area is 129 Å². The molecule has 0 amide bonds. The van der Waals surface area contributed by atoms with E-state index in [2.05, 4.69) is 9.71 Å². The number of sulfonamides is 1. The highest BCUT2D eigenvalue weighted by atomic mass is 35.5. The Morgan fingerprint density at radius 1 is 1.33 bits per heavy atom. The van der Waals surface area contributed by atoms with Crippen molar-refractivity contribution in [2.75, 3.05) is 7.11 Å². The maximum atomic E-state index is 12.3. The van der Waals surface area contributed by atoms with Crippen LogP contribution in [0.4, 0.5) is 0 Å². The van der Waals surface area contributed by atoms with Crippen molar-refractivity contribution in [1.29, 1.82) is 0 Å². The maximum absolute atomic E-state index is 12.3. The molecular weight excluding hydrogens is 312 g/mol. The van der Waals surface area contributed by atoms with E-state index in [4.69, 9.17) is 16.3 Å². The molecule has 112 valence electrons. The highest BCUT2D eigenvalue weighted by Gasteiger charge is 2.21. The van der Waals surface area contributed by atoms with Crippen LogP contribution in [0.3, 0.4) is 0 Å². The number of nitrogens with one attached hydrogen (secondary N) is 1. The molecule has 2 aromatic rings. The molecule has 0 aliphatic carbocycles. The zero-order valence-corrected chi connectivity index (χ0v) is 13.1. The lowest BCUT2D eigenvalue weighted by Crippen LogP contribution is -2.27. The van der Waals surface area contributed by atoms with E-state index in [1.54, 1.807) is 32.2 Å². The minimum Gasteiger partial charge on any atom is -0.497 e. The van der Waals surface area contributed by atoms with Crippen LogP contribution in [0.2, 0.25) is 5.02 Å². The van der Waals surface area contributed by atoms with Crippen molar-refractivity contribution < 1.29 is 13.2 Å². The van der Waals surface area contributed by atoms with E-state index in [1.165, 1.54) is 18.5 Å². The zero-order valence-electron chi connectivity index (χ0n) is 11.6. The zero-order chi connectivity index (χ0) is 15.5. The second-order valence-electron chi connectivity index (χ2n) is 4.43. The first kappa shape index (κ1) is 15.8. The fourth-order valence-corrected chi connectivity index (χ4v) is 3.50. The second kappa shape index (κ2) is 6.43. The van der Waals surface area contributed by atoms with Crippen LogP contribution in [0.1, 0.15) is 18.5 Å². The van der Waals surface area contributed by atoms with Gasteiger partial charge in [0, 0.05) is 18.4 Å². The van der Waals surface area contributed by atoms with Gasteiger partial charge in [0.15, 0.2) is 0 Å². The summed E-state index contributed by atoms with van der Waals surface area (Å²) < 4.78 is 32.4. The van der Waals surface area contributed by atoms with Crippen molar-refractivity contribution in [3.63, 3.8) is 0 Å². The molecule has 1 unspecified atom stereocenters. The topological polar surface area (TPSA) is 68.3 Å². The summed E-state index contributed by atoms with van der Waals surface area (Å²) in [5, 5.41) is 0.135. The predicted octanol–water partition coefficient (Wildman–Crippen LogP) is 2.78. The first-order chi connectivity index (χ1) is 9.94. The number of ether oxygens (including phenoxy) is 1. The van der Waals surface area contributed by atoms with E-state index in [9.17, 15) is 8.42 Å². The van der Waals surface area contributed by atoms with Crippen molar-refractivity contribution in [3.8, 4) is 5.75 Å². The number of nitrogens with zero attached hydrogens (tertiary/aromatic N) is 1. The summed E-state index contributed by atoms with van der Waals surface area (Å²) in [6.07, 6.45) is 2.66. The summed E-state index contributed by atoms with van der Waals surface area (Å²) in [6, 6.07) is 8.20. The average Bonchev–Trinajstić information content (AvgIpc) is 2.47. The van der Waals surface area contributed by atoms with Crippen LogP contribution < -0.4 is 9.46 Å². The summed E-state index contributed by atoms with van der Waals surface area (Å²) in [6.45, 7) is 1.75. The van der Waals surface area contributed by atoms with Gasteiger partial charge in [0.1, 0.15) is 10.6 Å². The molecule has 1 atom stereocenters. The van der Waals surface area contributed by atoms with Crippen molar-refractivity contribution in [1.82, 2.24) is 9.71 Å². The maximum Gasteiger partial charge on any atom is 0.244 e. The Morgan fingerprint density at radius 3 is 2.76 bits per heavy atom. The molecule has 5 nitrogen and oxygen atoms in total. The molecular formula is C14H15ClN2O3S. The Hall–Kier alpha value is -1.63. The average molecular weight is 327 g/mol. The van der Waals surface area contributed by atoms with E-state index >= 15 is 0 Å². The van der Waals surface area contributed by atoms with E-state index in [0.717, 1.165) is 5.56 Å². The first-order valence-corrected chi connectivity index (χ1v) is 8.06. The lowest BCUT2D eigenvalue weighted by Gasteiger charge is -2.15. The molecule has 0 aliphatic heterocycles. The third kappa shape index (κ3) is 3.72. The monoisotopic (exact) mass is 326 g/mol. The van der Waals surface area contributed by atoms with Gasteiger partial charge in [0.2, 0.25) is 10.0 Å². The van der Waals surface area contributed by atoms with Crippen molar-refractivity contribution in [2.24, 2.45) is 0 Å².